The van der Waals surface area contributed by atoms with Crippen LogP contribution in [0.3, 0.4) is 0 Å². The van der Waals surface area contributed by atoms with E-state index in [9.17, 15) is 4.79 Å². The normalized spacial score (nSPS) is 10.2. The van der Waals surface area contributed by atoms with E-state index in [1.165, 1.54) is 0 Å². The van der Waals surface area contributed by atoms with Crippen LogP contribution in [-0.2, 0) is 4.79 Å². The lowest BCUT2D eigenvalue weighted by Crippen LogP contribution is -2.23. The zero-order chi connectivity index (χ0) is 15.6. The summed E-state index contributed by atoms with van der Waals surface area (Å²) in [6.45, 7) is 5.78. The monoisotopic (exact) mass is 282 g/mol. The first kappa shape index (κ1) is 14.8. The largest absolute Gasteiger partial charge is 0.457 e. The van der Waals surface area contributed by atoms with Crippen LogP contribution in [0.5, 0.6) is 11.5 Å². The van der Waals surface area contributed by atoms with Crippen molar-refractivity contribution >= 4 is 11.6 Å². The molecule has 0 aliphatic carbocycles. The van der Waals surface area contributed by atoms with E-state index in [0.29, 0.717) is 11.3 Å². The molecule has 4 heteroatoms. The standard InChI is InChI=1S/C17H18N2O2/c1-10-7-8-11(2)15(9-10)21-14-6-4-5-13(12(14)3)16(18)17(19)20/h4-9,18H,1-3H3,(H2,19,20). The molecule has 0 saturated heterocycles. The first-order valence-electron chi connectivity index (χ1n) is 6.63. The minimum absolute atomic E-state index is 0.209. The summed E-state index contributed by atoms with van der Waals surface area (Å²) >= 11 is 0. The summed E-state index contributed by atoms with van der Waals surface area (Å²) in [7, 11) is 0. The van der Waals surface area contributed by atoms with Crippen molar-refractivity contribution < 1.29 is 9.53 Å². The summed E-state index contributed by atoms with van der Waals surface area (Å²) in [4.78, 5) is 11.2. The van der Waals surface area contributed by atoms with Gasteiger partial charge in [-0.05, 0) is 44.0 Å². The fourth-order valence-corrected chi connectivity index (χ4v) is 2.06. The lowest BCUT2D eigenvalue weighted by atomic mass is 10.0. The maximum absolute atomic E-state index is 11.2. The zero-order valence-corrected chi connectivity index (χ0v) is 12.4. The van der Waals surface area contributed by atoms with E-state index in [-0.39, 0.29) is 5.71 Å². The van der Waals surface area contributed by atoms with Crippen LogP contribution in [0.4, 0.5) is 0 Å². The van der Waals surface area contributed by atoms with Crippen LogP contribution in [0.25, 0.3) is 0 Å². The minimum atomic E-state index is -0.748. The van der Waals surface area contributed by atoms with E-state index in [4.69, 9.17) is 15.9 Å². The Hall–Kier alpha value is -2.62. The molecule has 3 N–H and O–H groups in total. The Morgan fingerprint density at radius 3 is 2.48 bits per heavy atom. The van der Waals surface area contributed by atoms with E-state index in [1.807, 2.05) is 45.0 Å². The number of hydrogen-bond acceptors (Lipinski definition) is 3. The molecular weight excluding hydrogens is 264 g/mol. The smallest absolute Gasteiger partial charge is 0.267 e. The second-order valence-electron chi connectivity index (χ2n) is 5.04. The number of carbonyl (C=O) groups is 1. The van der Waals surface area contributed by atoms with Gasteiger partial charge in [0.15, 0.2) is 0 Å². The molecule has 0 aromatic heterocycles. The molecule has 0 bridgehead atoms. The van der Waals surface area contributed by atoms with E-state index < -0.39 is 5.91 Å². The van der Waals surface area contributed by atoms with E-state index in [1.54, 1.807) is 12.1 Å². The number of carbonyl (C=O) groups excluding carboxylic acids is 1. The molecule has 0 saturated carbocycles. The van der Waals surface area contributed by atoms with E-state index in [2.05, 4.69) is 0 Å². The Morgan fingerprint density at radius 1 is 1.10 bits per heavy atom. The lowest BCUT2D eigenvalue weighted by molar-refractivity contribution is -0.112. The van der Waals surface area contributed by atoms with Gasteiger partial charge in [0.25, 0.3) is 5.91 Å². The Labute approximate surface area is 124 Å². The van der Waals surface area contributed by atoms with Crippen LogP contribution < -0.4 is 10.5 Å². The number of aryl methyl sites for hydroxylation is 2. The van der Waals surface area contributed by atoms with Crippen molar-refractivity contribution in [2.75, 3.05) is 0 Å². The summed E-state index contributed by atoms with van der Waals surface area (Å²) in [6, 6.07) is 11.2. The van der Waals surface area contributed by atoms with Gasteiger partial charge in [-0.25, -0.2) is 0 Å². The van der Waals surface area contributed by atoms with E-state index >= 15 is 0 Å². The van der Waals surface area contributed by atoms with Crippen molar-refractivity contribution in [3.8, 4) is 11.5 Å². The molecule has 0 radical (unpaired) electrons. The van der Waals surface area contributed by atoms with Crippen molar-refractivity contribution in [1.82, 2.24) is 0 Å². The molecule has 0 aliphatic rings. The number of benzene rings is 2. The van der Waals surface area contributed by atoms with Crippen LogP contribution in [0, 0.1) is 26.2 Å². The lowest BCUT2D eigenvalue weighted by Gasteiger charge is -2.14. The fraction of sp³-hybridized carbons (Fsp3) is 0.176. The Kier molecular flexibility index (Phi) is 4.08. The zero-order valence-electron chi connectivity index (χ0n) is 12.4. The summed E-state index contributed by atoms with van der Waals surface area (Å²) in [5, 5.41) is 7.75. The maximum atomic E-state index is 11.2. The number of rotatable bonds is 4. The summed E-state index contributed by atoms with van der Waals surface area (Å²) in [6.07, 6.45) is 0. The van der Waals surface area contributed by atoms with Crippen molar-refractivity contribution in [1.29, 1.82) is 5.41 Å². The third kappa shape index (κ3) is 3.11. The average molecular weight is 282 g/mol. The van der Waals surface area contributed by atoms with Crippen LogP contribution >= 0.6 is 0 Å². The molecule has 4 nitrogen and oxygen atoms in total. The van der Waals surface area contributed by atoms with Gasteiger partial charge in [0, 0.05) is 11.1 Å². The minimum Gasteiger partial charge on any atom is -0.457 e. The number of primary amides is 1. The highest BCUT2D eigenvalue weighted by Gasteiger charge is 2.14. The second kappa shape index (κ2) is 5.79. The molecule has 108 valence electrons. The van der Waals surface area contributed by atoms with Gasteiger partial charge in [0.05, 0.1) is 0 Å². The van der Waals surface area contributed by atoms with Gasteiger partial charge >= 0.3 is 0 Å². The highest BCUT2D eigenvalue weighted by atomic mass is 16.5. The Balaban J connectivity index is 2.42. The Bertz CT molecular complexity index is 721. The molecule has 0 aliphatic heterocycles. The third-order valence-corrected chi connectivity index (χ3v) is 3.36. The van der Waals surface area contributed by atoms with Gasteiger partial charge in [-0.3, -0.25) is 10.2 Å². The molecular formula is C17H18N2O2. The molecule has 0 spiro atoms. The van der Waals surface area contributed by atoms with Crippen LogP contribution in [0.15, 0.2) is 36.4 Å². The van der Waals surface area contributed by atoms with Gasteiger partial charge in [-0.2, -0.15) is 0 Å². The number of ether oxygens (including phenoxy) is 1. The molecule has 2 rings (SSSR count). The van der Waals surface area contributed by atoms with Gasteiger partial charge in [-0.1, -0.05) is 24.3 Å². The Morgan fingerprint density at radius 2 is 1.81 bits per heavy atom. The second-order valence-corrected chi connectivity index (χ2v) is 5.04. The molecule has 1 amide bonds. The molecule has 0 atom stereocenters. The molecule has 0 heterocycles. The fourth-order valence-electron chi connectivity index (χ4n) is 2.06. The van der Waals surface area contributed by atoms with Crippen LogP contribution in [0.1, 0.15) is 22.3 Å². The molecule has 0 fully saturated rings. The number of nitrogens with one attached hydrogen (secondary N) is 1. The maximum Gasteiger partial charge on any atom is 0.267 e. The average Bonchev–Trinajstić information content (AvgIpc) is 2.44. The molecule has 0 unspecified atom stereocenters. The first-order valence-corrected chi connectivity index (χ1v) is 6.63. The molecule has 2 aromatic carbocycles. The topological polar surface area (TPSA) is 76.2 Å². The van der Waals surface area contributed by atoms with Crippen LogP contribution in [0.2, 0.25) is 0 Å². The van der Waals surface area contributed by atoms with Crippen molar-refractivity contribution in [3.63, 3.8) is 0 Å². The van der Waals surface area contributed by atoms with Crippen molar-refractivity contribution in [3.05, 3.63) is 58.7 Å². The molecule has 21 heavy (non-hydrogen) atoms. The summed E-state index contributed by atoms with van der Waals surface area (Å²) in [5.41, 5.74) is 8.31. The highest BCUT2D eigenvalue weighted by Crippen LogP contribution is 2.30. The quantitative estimate of drug-likeness (QED) is 0.844. The third-order valence-electron chi connectivity index (χ3n) is 3.36. The van der Waals surface area contributed by atoms with Gasteiger partial charge < -0.3 is 10.5 Å². The SMILES string of the molecule is Cc1ccc(C)c(Oc2cccc(C(=N)C(N)=O)c2C)c1. The van der Waals surface area contributed by atoms with Gasteiger partial charge in [0.1, 0.15) is 17.2 Å². The molecule has 2 aromatic rings. The van der Waals surface area contributed by atoms with Crippen molar-refractivity contribution in [2.45, 2.75) is 20.8 Å². The first-order chi connectivity index (χ1) is 9.90. The predicted molar refractivity (Wildman–Crippen MR) is 83.2 cm³/mol. The van der Waals surface area contributed by atoms with Gasteiger partial charge in [0.2, 0.25) is 0 Å². The predicted octanol–water partition coefficient (Wildman–Crippen LogP) is 3.26. The summed E-state index contributed by atoms with van der Waals surface area (Å²) < 4.78 is 5.94. The van der Waals surface area contributed by atoms with Crippen molar-refractivity contribution in [2.24, 2.45) is 5.73 Å². The van der Waals surface area contributed by atoms with Gasteiger partial charge in [-0.15, -0.1) is 0 Å². The van der Waals surface area contributed by atoms with Crippen LogP contribution in [-0.4, -0.2) is 11.6 Å². The summed E-state index contributed by atoms with van der Waals surface area (Å²) in [5.74, 6) is 0.634. The van der Waals surface area contributed by atoms with E-state index in [0.717, 1.165) is 22.4 Å². The number of hydrogen-bond donors (Lipinski definition) is 2. The number of nitrogens with two attached hydrogens (primary N) is 1. The highest BCUT2D eigenvalue weighted by molar-refractivity contribution is 6.43. The number of amides is 1.